The van der Waals surface area contributed by atoms with Crippen LogP contribution in [0.1, 0.15) is 6.42 Å². The third kappa shape index (κ3) is 17.8. The zero-order chi connectivity index (χ0) is 14.0. The van der Waals surface area contributed by atoms with E-state index in [-0.39, 0.29) is 0 Å². The molecule has 0 heterocycles. The molecule has 1 N–H and O–H groups in total. The van der Waals surface area contributed by atoms with Crippen LogP contribution in [0, 0.1) is 0 Å². The van der Waals surface area contributed by atoms with Gasteiger partial charge < -0.3 is 29.0 Å². The van der Waals surface area contributed by atoms with Crippen LogP contribution in [0.4, 0.5) is 0 Å². The fraction of sp³-hybridized carbons (Fsp3) is 1.00. The highest BCUT2D eigenvalue weighted by Crippen LogP contribution is 1.82. The van der Waals surface area contributed by atoms with Gasteiger partial charge >= 0.3 is 0 Å². The molecular formula is C13H29NO5. The number of rotatable bonds is 16. The summed E-state index contributed by atoms with van der Waals surface area (Å²) in [7, 11) is 3.34. The Labute approximate surface area is 116 Å². The monoisotopic (exact) mass is 279 g/mol. The molecule has 0 atom stereocenters. The van der Waals surface area contributed by atoms with Crippen molar-refractivity contribution in [2.75, 3.05) is 80.2 Å². The summed E-state index contributed by atoms with van der Waals surface area (Å²) >= 11 is 0. The number of hydrogen-bond donors (Lipinski definition) is 1. The average Bonchev–Trinajstić information content (AvgIpc) is 2.43. The lowest BCUT2D eigenvalue weighted by Crippen LogP contribution is -2.23. The van der Waals surface area contributed by atoms with Crippen LogP contribution in [0.25, 0.3) is 0 Å². The van der Waals surface area contributed by atoms with Gasteiger partial charge in [0.1, 0.15) is 0 Å². The third-order valence-corrected chi connectivity index (χ3v) is 2.30. The van der Waals surface area contributed by atoms with E-state index >= 15 is 0 Å². The van der Waals surface area contributed by atoms with Crippen molar-refractivity contribution in [1.82, 2.24) is 5.32 Å². The van der Waals surface area contributed by atoms with Gasteiger partial charge in [-0.3, -0.25) is 0 Å². The standard InChI is InChI=1S/C13H29NO5/c1-15-8-10-17-6-3-4-14-5-7-18-12-13-19-11-9-16-2/h14H,3-13H2,1-2H3. The lowest BCUT2D eigenvalue weighted by atomic mass is 10.4. The van der Waals surface area contributed by atoms with Crippen molar-refractivity contribution in [2.45, 2.75) is 6.42 Å². The van der Waals surface area contributed by atoms with E-state index in [0.717, 1.165) is 26.1 Å². The first kappa shape index (κ1) is 18.8. The molecule has 6 heteroatoms. The summed E-state index contributed by atoms with van der Waals surface area (Å²) in [4.78, 5) is 0. The molecule has 0 saturated heterocycles. The predicted molar refractivity (Wildman–Crippen MR) is 73.7 cm³/mol. The summed E-state index contributed by atoms with van der Waals surface area (Å²) in [6.45, 7) is 7.12. The Balaban J connectivity index is 2.88. The summed E-state index contributed by atoms with van der Waals surface area (Å²) in [5, 5.41) is 3.29. The maximum Gasteiger partial charge on any atom is 0.0701 e. The topological polar surface area (TPSA) is 58.2 Å². The van der Waals surface area contributed by atoms with E-state index in [0.29, 0.717) is 46.2 Å². The second kappa shape index (κ2) is 17.8. The van der Waals surface area contributed by atoms with Gasteiger partial charge in [0.05, 0.1) is 46.2 Å². The summed E-state index contributed by atoms with van der Waals surface area (Å²) < 4.78 is 25.8. The molecule has 0 bridgehead atoms. The Kier molecular flexibility index (Phi) is 17.5. The molecule has 0 aromatic carbocycles. The van der Waals surface area contributed by atoms with Crippen LogP contribution in [0.5, 0.6) is 0 Å². The van der Waals surface area contributed by atoms with Crippen molar-refractivity contribution < 1.29 is 23.7 Å². The molecule has 0 unspecified atom stereocenters. The second-order valence-electron chi connectivity index (χ2n) is 3.93. The van der Waals surface area contributed by atoms with Crippen molar-refractivity contribution in [3.05, 3.63) is 0 Å². The Bertz CT molecular complexity index is 144. The molecule has 0 saturated carbocycles. The molecule has 0 aromatic heterocycles. The Hall–Kier alpha value is -0.240. The molecule has 0 fully saturated rings. The first-order valence-corrected chi connectivity index (χ1v) is 6.83. The lowest BCUT2D eigenvalue weighted by molar-refractivity contribution is 0.0254. The van der Waals surface area contributed by atoms with Crippen LogP contribution >= 0.6 is 0 Å². The van der Waals surface area contributed by atoms with Crippen LogP contribution < -0.4 is 5.32 Å². The van der Waals surface area contributed by atoms with E-state index in [9.17, 15) is 0 Å². The molecular weight excluding hydrogens is 250 g/mol. The summed E-state index contributed by atoms with van der Waals surface area (Å²) in [6.07, 6.45) is 1.00. The molecule has 0 amide bonds. The number of ether oxygens (including phenoxy) is 5. The van der Waals surface area contributed by atoms with Crippen LogP contribution in [0.2, 0.25) is 0 Å². The van der Waals surface area contributed by atoms with Crippen molar-refractivity contribution in [2.24, 2.45) is 0 Å². The minimum absolute atomic E-state index is 0.622. The van der Waals surface area contributed by atoms with Gasteiger partial charge in [-0.2, -0.15) is 0 Å². The largest absolute Gasteiger partial charge is 0.382 e. The molecule has 0 radical (unpaired) electrons. The van der Waals surface area contributed by atoms with Crippen LogP contribution in [-0.4, -0.2) is 80.2 Å². The molecule has 0 aliphatic carbocycles. The van der Waals surface area contributed by atoms with Crippen molar-refractivity contribution in [1.29, 1.82) is 0 Å². The molecule has 6 nitrogen and oxygen atoms in total. The van der Waals surface area contributed by atoms with Crippen LogP contribution in [0.3, 0.4) is 0 Å². The Morgan fingerprint density at radius 3 is 1.74 bits per heavy atom. The number of hydrogen-bond acceptors (Lipinski definition) is 6. The van der Waals surface area contributed by atoms with Gasteiger partial charge in [0.2, 0.25) is 0 Å². The van der Waals surface area contributed by atoms with E-state index in [1.54, 1.807) is 14.2 Å². The molecule has 19 heavy (non-hydrogen) atoms. The van der Waals surface area contributed by atoms with E-state index < -0.39 is 0 Å². The SMILES string of the molecule is COCCOCCCNCCOCCOCCOC. The zero-order valence-corrected chi connectivity index (χ0v) is 12.3. The van der Waals surface area contributed by atoms with E-state index in [1.807, 2.05) is 0 Å². The highest BCUT2D eigenvalue weighted by molar-refractivity contribution is 4.46. The van der Waals surface area contributed by atoms with E-state index in [2.05, 4.69) is 5.32 Å². The van der Waals surface area contributed by atoms with Crippen molar-refractivity contribution in [3.63, 3.8) is 0 Å². The van der Waals surface area contributed by atoms with Crippen LogP contribution in [0.15, 0.2) is 0 Å². The lowest BCUT2D eigenvalue weighted by Gasteiger charge is -2.07. The molecule has 0 aliphatic rings. The van der Waals surface area contributed by atoms with E-state index in [1.165, 1.54) is 0 Å². The Morgan fingerprint density at radius 1 is 0.579 bits per heavy atom. The van der Waals surface area contributed by atoms with E-state index in [4.69, 9.17) is 23.7 Å². The molecule has 0 spiro atoms. The number of nitrogens with one attached hydrogen (secondary N) is 1. The zero-order valence-electron chi connectivity index (χ0n) is 12.3. The summed E-state index contributed by atoms with van der Waals surface area (Å²) in [5.41, 5.74) is 0. The molecule has 116 valence electrons. The normalized spacial score (nSPS) is 11.1. The maximum absolute atomic E-state index is 5.40. The van der Waals surface area contributed by atoms with Crippen molar-refractivity contribution in [3.8, 4) is 0 Å². The minimum Gasteiger partial charge on any atom is -0.382 e. The fourth-order valence-corrected chi connectivity index (χ4v) is 1.28. The highest BCUT2D eigenvalue weighted by atomic mass is 16.5. The highest BCUT2D eigenvalue weighted by Gasteiger charge is 1.92. The van der Waals surface area contributed by atoms with Gasteiger partial charge in [-0.1, -0.05) is 0 Å². The van der Waals surface area contributed by atoms with Gasteiger partial charge in [-0.25, -0.2) is 0 Å². The van der Waals surface area contributed by atoms with Gasteiger partial charge in [0.25, 0.3) is 0 Å². The predicted octanol–water partition coefficient (Wildman–Crippen LogP) is 0.309. The third-order valence-electron chi connectivity index (χ3n) is 2.30. The van der Waals surface area contributed by atoms with Gasteiger partial charge in [-0.15, -0.1) is 0 Å². The molecule has 0 aromatic rings. The molecule has 0 aliphatic heterocycles. The first-order chi connectivity index (χ1) is 9.41. The van der Waals surface area contributed by atoms with Gasteiger partial charge in [0, 0.05) is 27.4 Å². The van der Waals surface area contributed by atoms with Crippen LogP contribution in [-0.2, 0) is 23.7 Å². The summed E-state index contributed by atoms with van der Waals surface area (Å²) in [5.74, 6) is 0. The smallest absolute Gasteiger partial charge is 0.0701 e. The maximum atomic E-state index is 5.40. The Morgan fingerprint density at radius 2 is 1.11 bits per heavy atom. The average molecular weight is 279 g/mol. The summed E-state index contributed by atoms with van der Waals surface area (Å²) in [6, 6.07) is 0. The quantitative estimate of drug-likeness (QED) is 0.410. The number of methoxy groups -OCH3 is 2. The fourth-order valence-electron chi connectivity index (χ4n) is 1.28. The minimum atomic E-state index is 0.622. The first-order valence-electron chi connectivity index (χ1n) is 6.83. The van der Waals surface area contributed by atoms with Gasteiger partial charge in [-0.05, 0) is 13.0 Å². The van der Waals surface area contributed by atoms with Gasteiger partial charge in [0.15, 0.2) is 0 Å². The molecule has 0 rings (SSSR count). The van der Waals surface area contributed by atoms with Crippen molar-refractivity contribution >= 4 is 0 Å². The second-order valence-corrected chi connectivity index (χ2v) is 3.93.